The van der Waals surface area contributed by atoms with Gasteiger partial charge >= 0.3 is 0 Å². The highest BCUT2D eigenvalue weighted by Gasteiger charge is 2.42. The number of para-hydroxylation sites is 1. The molecular formula is C25H29IN2O7. The van der Waals surface area contributed by atoms with Gasteiger partial charge in [0.05, 0.1) is 41.3 Å². The molecule has 1 saturated heterocycles. The van der Waals surface area contributed by atoms with Crippen LogP contribution in [0.15, 0.2) is 58.9 Å². The molecule has 188 valence electrons. The summed E-state index contributed by atoms with van der Waals surface area (Å²) in [5, 5.41) is 23.3. The number of carbonyl (C=O) groups excluding carboxylic acids is 2. The fraction of sp³-hybridized carbons (Fsp3) is 0.440. The Balaban J connectivity index is 1.66. The average molecular weight is 596 g/mol. The number of aliphatic hydroxyl groups excluding tert-OH is 2. The molecule has 3 N–H and O–H groups in total. The van der Waals surface area contributed by atoms with Gasteiger partial charge in [0, 0.05) is 37.3 Å². The van der Waals surface area contributed by atoms with Crippen molar-refractivity contribution >= 4 is 34.4 Å². The SMILES string of the molecule is O=C(NCCO)C1=CC(Oc2ccccc2I)C(O)C(N(Cc2ccoc2)C(=O)C2CCOC2)C1. The van der Waals surface area contributed by atoms with Crippen LogP contribution in [-0.2, 0) is 20.9 Å². The first-order valence-corrected chi connectivity index (χ1v) is 12.6. The summed E-state index contributed by atoms with van der Waals surface area (Å²) in [6.45, 7) is 0.957. The monoisotopic (exact) mass is 596 g/mol. The molecule has 1 aliphatic heterocycles. The van der Waals surface area contributed by atoms with Gasteiger partial charge < -0.3 is 34.3 Å². The van der Waals surface area contributed by atoms with Gasteiger partial charge in [-0.15, -0.1) is 0 Å². The molecule has 1 aromatic carbocycles. The molecule has 1 fully saturated rings. The van der Waals surface area contributed by atoms with E-state index in [1.807, 2.05) is 18.2 Å². The van der Waals surface area contributed by atoms with Crippen LogP contribution in [0.5, 0.6) is 5.75 Å². The summed E-state index contributed by atoms with van der Waals surface area (Å²) in [7, 11) is 0. The van der Waals surface area contributed by atoms with Crippen LogP contribution < -0.4 is 10.1 Å². The number of carbonyl (C=O) groups is 2. The van der Waals surface area contributed by atoms with Crippen LogP contribution in [0.25, 0.3) is 0 Å². The van der Waals surface area contributed by atoms with Gasteiger partial charge in [0.25, 0.3) is 0 Å². The molecule has 0 saturated carbocycles. The summed E-state index contributed by atoms with van der Waals surface area (Å²) in [6, 6.07) is 8.44. The van der Waals surface area contributed by atoms with Gasteiger partial charge in [-0.2, -0.15) is 0 Å². The summed E-state index contributed by atoms with van der Waals surface area (Å²) in [5.41, 5.74) is 1.16. The second-order valence-corrected chi connectivity index (χ2v) is 9.77. The molecule has 0 spiro atoms. The lowest BCUT2D eigenvalue weighted by molar-refractivity contribution is -0.143. The largest absolute Gasteiger partial charge is 0.482 e. The minimum Gasteiger partial charge on any atom is -0.482 e. The molecule has 10 heteroatoms. The van der Waals surface area contributed by atoms with Crippen molar-refractivity contribution in [2.24, 2.45) is 5.92 Å². The second kappa shape index (κ2) is 12.0. The highest BCUT2D eigenvalue weighted by atomic mass is 127. The summed E-state index contributed by atoms with van der Waals surface area (Å²) in [6.07, 6.45) is 3.50. The predicted molar refractivity (Wildman–Crippen MR) is 134 cm³/mol. The van der Waals surface area contributed by atoms with E-state index in [-0.39, 0.29) is 43.8 Å². The fourth-order valence-corrected chi connectivity index (χ4v) is 4.88. The maximum absolute atomic E-state index is 13.6. The maximum atomic E-state index is 13.6. The van der Waals surface area contributed by atoms with E-state index >= 15 is 0 Å². The number of ether oxygens (including phenoxy) is 2. The number of halogens is 1. The molecule has 1 aromatic heterocycles. The maximum Gasteiger partial charge on any atom is 0.247 e. The van der Waals surface area contributed by atoms with Crippen molar-refractivity contribution < 1.29 is 33.7 Å². The first-order chi connectivity index (χ1) is 17.0. The zero-order valence-electron chi connectivity index (χ0n) is 19.1. The van der Waals surface area contributed by atoms with Crippen molar-refractivity contribution in [1.82, 2.24) is 10.2 Å². The van der Waals surface area contributed by atoms with Crippen molar-refractivity contribution in [3.8, 4) is 5.75 Å². The normalized spacial score (nSPS) is 24.0. The van der Waals surface area contributed by atoms with Crippen LogP contribution in [0, 0.1) is 9.49 Å². The summed E-state index contributed by atoms with van der Waals surface area (Å²) in [5.74, 6) is -0.257. The lowest BCUT2D eigenvalue weighted by atomic mass is 9.87. The van der Waals surface area contributed by atoms with Gasteiger partial charge in [0.15, 0.2) is 0 Å². The summed E-state index contributed by atoms with van der Waals surface area (Å²) >= 11 is 2.15. The average Bonchev–Trinajstić information content (AvgIpc) is 3.58. The zero-order chi connectivity index (χ0) is 24.8. The van der Waals surface area contributed by atoms with Gasteiger partial charge in [-0.3, -0.25) is 9.59 Å². The smallest absolute Gasteiger partial charge is 0.247 e. The Labute approximate surface area is 217 Å². The number of rotatable bonds is 9. The van der Waals surface area contributed by atoms with Gasteiger partial charge in [0.2, 0.25) is 11.8 Å². The number of nitrogens with one attached hydrogen (secondary N) is 1. The molecule has 2 aliphatic rings. The lowest BCUT2D eigenvalue weighted by Crippen LogP contribution is -2.56. The van der Waals surface area contributed by atoms with E-state index in [1.165, 1.54) is 6.26 Å². The van der Waals surface area contributed by atoms with Gasteiger partial charge in [0.1, 0.15) is 18.0 Å². The van der Waals surface area contributed by atoms with E-state index in [0.717, 1.165) is 9.13 Å². The third kappa shape index (κ3) is 6.24. The van der Waals surface area contributed by atoms with Crippen LogP contribution in [0.1, 0.15) is 18.4 Å². The highest BCUT2D eigenvalue weighted by molar-refractivity contribution is 14.1. The highest BCUT2D eigenvalue weighted by Crippen LogP contribution is 2.32. The van der Waals surface area contributed by atoms with Gasteiger partial charge in [-0.1, -0.05) is 12.1 Å². The number of hydrogen-bond acceptors (Lipinski definition) is 7. The lowest BCUT2D eigenvalue weighted by Gasteiger charge is -2.41. The van der Waals surface area contributed by atoms with E-state index in [1.54, 1.807) is 29.4 Å². The number of aliphatic hydroxyl groups is 2. The van der Waals surface area contributed by atoms with Crippen molar-refractivity contribution in [1.29, 1.82) is 0 Å². The first kappa shape index (κ1) is 25.7. The Bertz CT molecular complexity index is 1040. The van der Waals surface area contributed by atoms with E-state index in [0.29, 0.717) is 31.0 Å². The van der Waals surface area contributed by atoms with Crippen LogP contribution in [0.2, 0.25) is 0 Å². The number of hydrogen-bond donors (Lipinski definition) is 3. The molecule has 4 rings (SSSR count). The summed E-state index contributed by atoms with van der Waals surface area (Å²) < 4.78 is 17.7. The molecule has 2 amide bonds. The van der Waals surface area contributed by atoms with Crippen molar-refractivity contribution in [2.75, 3.05) is 26.4 Å². The number of amides is 2. The predicted octanol–water partition coefficient (Wildman–Crippen LogP) is 1.86. The Morgan fingerprint density at radius 1 is 1.26 bits per heavy atom. The molecular weight excluding hydrogens is 567 g/mol. The van der Waals surface area contributed by atoms with Crippen molar-refractivity contribution in [2.45, 2.75) is 37.6 Å². The summed E-state index contributed by atoms with van der Waals surface area (Å²) in [4.78, 5) is 28.1. The molecule has 4 atom stereocenters. The molecule has 0 radical (unpaired) electrons. The molecule has 1 aliphatic carbocycles. The molecule has 0 bridgehead atoms. The van der Waals surface area contributed by atoms with Crippen LogP contribution >= 0.6 is 22.6 Å². The molecule has 35 heavy (non-hydrogen) atoms. The molecule has 2 aromatic rings. The molecule has 9 nitrogen and oxygen atoms in total. The Hall–Kier alpha value is -2.41. The van der Waals surface area contributed by atoms with E-state index in [2.05, 4.69) is 27.9 Å². The Morgan fingerprint density at radius 2 is 2.09 bits per heavy atom. The van der Waals surface area contributed by atoms with E-state index in [4.69, 9.17) is 19.0 Å². The Kier molecular flexibility index (Phi) is 8.82. The quantitative estimate of drug-likeness (QED) is 0.378. The minimum atomic E-state index is -1.08. The minimum absolute atomic E-state index is 0.0998. The fourth-order valence-electron chi connectivity index (χ4n) is 4.37. The molecule has 4 unspecified atom stereocenters. The topological polar surface area (TPSA) is 121 Å². The van der Waals surface area contributed by atoms with Gasteiger partial charge in [-0.25, -0.2) is 0 Å². The molecule has 2 heterocycles. The third-order valence-electron chi connectivity index (χ3n) is 6.21. The number of nitrogens with zero attached hydrogens (tertiary/aromatic N) is 1. The standard InChI is InChI=1S/C25H29IN2O7/c26-19-3-1-2-4-21(19)35-22-12-18(24(31)27-7-8-29)11-20(23(22)30)28(13-16-5-9-33-14-16)25(32)17-6-10-34-15-17/h1-5,9,12,14,17,20,22-23,29-30H,6-8,10-11,13,15H2,(H,27,31). The van der Waals surface area contributed by atoms with Crippen LogP contribution in [0.3, 0.4) is 0 Å². The van der Waals surface area contributed by atoms with Crippen LogP contribution in [0.4, 0.5) is 0 Å². The second-order valence-electron chi connectivity index (χ2n) is 8.60. The van der Waals surface area contributed by atoms with Gasteiger partial charge in [-0.05, 0) is 53.3 Å². The number of benzene rings is 1. The van der Waals surface area contributed by atoms with E-state index in [9.17, 15) is 14.7 Å². The van der Waals surface area contributed by atoms with E-state index < -0.39 is 18.2 Å². The Morgan fingerprint density at radius 3 is 2.77 bits per heavy atom. The third-order valence-corrected chi connectivity index (χ3v) is 7.10. The zero-order valence-corrected chi connectivity index (χ0v) is 21.3. The van der Waals surface area contributed by atoms with Crippen molar-refractivity contribution in [3.63, 3.8) is 0 Å². The number of furan rings is 1. The van der Waals surface area contributed by atoms with Crippen molar-refractivity contribution in [3.05, 3.63) is 63.6 Å². The van der Waals surface area contributed by atoms with Crippen LogP contribution in [-0.4, -0.2) is 71.5 Å². The first-order valence-electron chi connectivity index (χ1n) is 11.6.